The molecule has 148 valence electrons. The van der Waals surface area contributed by atoms with E-state index in [2.05, 4.69) is 15.1 Å². The molecule has 0 amide bonds. The predicted octanol–water partition coefficient (Wildman–Crippen LogP) is 4.36. The zero-order valence-corrected chi connectivity index (χ0v) is 16.9. The summed E-state index contributed by atoms with van der Waals surface area (Å²) < 4.78 is 20.9. The molecule has 0 aliphatic rings. The molecule has 6 nitrogen and oxygen atoms in total. The molecule has 0 atom stereocenters. The first-order valence-electron chi connectivity index (χ1n) is 8.77. The zero-order chi connectivity index (χ0) is 20.4. The fourth-order valence-electron chi connectivity index (χ4n) is 2.80. The van der Waals surface area contributed by atoms with Crippen molar-refractivity contribution in [1.29, 1.82) is 0 Å². The van der Waals surface area contributed by atoms with Crippen LogP contribution >= 0.6 is 23.4 Å². The first-order chi connectivity index (χ1) is 14.0. The van der Waals surface area contributed by atoms with Gasteiger partial charge in [-0.05, 0) is 42.8 Å². The van der Waals surface area contributed by atoms with Gasteiger partial charge in [-0.25, -0.2) is 18.9 Å². The number of halogens is 2. The lowest BCUT2D eigenvalue weighted by Crippen LogP contribution is -2.07. The Morgan fingerprint density at radius 1 is 1.21 bits per heavy atom. The molecule has 0 saturated carbocycles. The van der Waals surface area contributed by atoms with Crippen LogP contribution in [0.1, 0.15) is 5.56 Å². The van der Waals surface area contributed by atoms with Crippen LogP contribution in [0.4, 0.5) is 4.39 Å². The summed E-state index contributed by atoms with van der Waals surface area (Å²) in [5.74, 6) is 1.31. The van der Waals surface area contributed by atoms with Gasteiger partial charge >= 0.3 is 0 Å². The van der Waals surface area contributed by atoms with Gasteiger partial charge in [0, 0.05) is 22.4 Å². The second-order valence-electron chi connectivity index (χ2n) is 6.26. The molecule has 0 spiro atoms. The van der Waals surface area contributed by atoms with Gasteiger partial charge in [0.2, 0.25) is 0 Å². The number of fused-ring (bicyclic) bond motifs is 1. The van der Waals surface area contributed by atoms with Crippen LogP contribution in [0.5, 0.6) is 5.75 Å². The molecule has 1 N–H and O–H groups in total. The minimum atomic E-state index is -0.377. The maximum atomic E-state index is 13.6. The van der Waals surface area contributed by atoms with Crippen LogP contribution in [0.2, 0.25) is 5.02 Å². The molecule has 0 aliphatic heterocycles. The third-order valence-electron chi connectivity index (χ3n) is 4.12. The number of aryl methyl sites for hydroxylation is 1. The second kappa shape index (κ2) is 8.26. The van der Waals surface area contributed by atoms with Gasteiger partial charge in [0.1, 0.15) is 11.6 Å². The summed E-state index contributed by atoms with van der Waals surface area (Å²) in [6, 6.07) is 12.9. The Morgan fingerprint density at radius 2 is 2.07 bits per heavy atom. The van der Waals surface area contributed by atoms with E-state index in [1.165, 1.54) is 34.5 Å². The zero-order valence-electron chi connectivity index (χ0n) is 15.4. The Bertz CT molecular complexity index is 1240. The van der Waals surface area contributed by atoms with Gasteiger partial charge in [-0.1, -0.05) is 35.5 Å². The minimum absolute atomic E-state index is 0.286. The van der Waals surface area contributed by atoms with Gasteiger partial charge in [0.15, 0.2) is 16.6 Å². The van der Waals surface area contributed by atoms with E-state index in [4.69, 9.17) is 16.3 Å². The quantitative estimate of drug-likeness (QED) is 0.363. The fraction of sp³-hybridized carbons (Fsp3) is 0.150. The summed E-state index contributed by atoms with van der Waals surface area (Å²) in [4.78, 5) is 20.6. The van der Waals surface area contributed by atoms with E-state index < -0.39 is 0 Å². The van der Waals surface area contributed by atoms with Crippen LogP contribution in [0.15, 0.2) is 58.5 Å². The van der Waals surface area contributed by atoms with E-state index in [-0.39, 0.29) is 11.4 Å². The summed E-state index contributed by atoms with van der Waals surface area (Å²) in [6.07, 6.45) is 0. The second-order valence-corrected chi connectivity index (χ2v) is 7.76. The number of hydrogen-bond donors (Lipinski definition) is 1. The number of nitrogens with one attached hydrogen (secondary N) is 1. The number of hydrogen-bond acceptors (Lipinski definition) is 5. The maximum Gasteiger partial charge on any atom is 0.266 e. The number of rotatable bonds is 6. The highest BCUT2D eigenvalue weighted by atomic mass is 35.5. The fourth-order valence-corrected chi connectivity index (χ4v) is 3.79. The largest absolute Gasteiger partial charge is 0.492 e. The Kier molecular flexibility index (Phi) is 5.55. The SMILES string of the molecule is Cc1cc(Cl)ccc1OCCSc1nc(-c2cccc(F)c2)nc2cc(=O)[nH]n12. The van der Waals surface area contributed by atoms with Crippen molar-refractivity contribution in [3.8, 4) is 17.1 Å². The molecule has 0 saturated heterocycles. The minimum Gasteiger partial charge on any atom is -0.492 e. The van der Waals surface area contributed by atoms with Crippen molar-refractivity contribution in [2.24, 2.45) is 0 Å². The molecule has 0 radical (unpaired) electrons. The Labute approximate surface area is 174 Å². The van der Waals surface area contributed by atoms with Crippen LogP contribution in [0.3, 0.4) is 0 Å². The summed E-state index contributed by atoms with van der Waals surface area (Å²) in [7, 11) is 0. The smallest absolute Gasteiger partial charge is 0.266 e. The molecule has 4 aromatic rings. The van der Waals surface area contributed by atoms with E-state index in [1.54, 1.807) is 18.2 Å². The number of aromatic nitrogens is 4. The van der Waals surface area contributed by atoms with Crippen molar-refractivity contribution in [3.05, 3.63) is 75.3 Å². The van der Waals surface area contributed by atoms with Crippen molar-refractivity contribution >= 4 is 29.0 Å². The predicted molar refractivity (Wildman–Crippen MR) is 111 cm³/mol. The van der Waals surface area contributed by atoms with Crippen molar-refractivity contribution in [2.45, 2.75) is 12.1 Å². The van der Waals surface area contributed by atoms with Crippen LogP contribution in [-0.4, -0.2) is 31.9 Å². The molecule has 0 unspecified atom stereocenters. The van der Waals surface area contributed by atoms with Crippen LogP contribution in [-0.2, 0) is 0 Å². The highest BCUT2D eigenvalue weighted by molar-refractivity contribution is 7.99. The van der Waals surface area contributed by atoms with Gasteiger partial charge in [-0.15, -0.1) is 0 Å². The molecule has 0 bridgehead atoms. The Morgan fingerprint density at radius 3 is 2.86 bits per heavy atom. The molecule has 29 heavy (non-hydrogen) atoms. The number of nitrogens with zero attached hydrogens (tertiary/aromatic N) is 3. The summed E-state index contributed by atoms with van der Waals surface area (Å²) in [6.45, 7) is 2.36. The number of ether oxygens (including phenoxy) is 1. The summed E-state index contributed by atoms with van der Waals surface area (Å²) in [5, 5.41) is 3.87. The number of H-pyrrole nitrogens is 1. The van der Waals surface area contributed by atoms with E-state index in [1.807, 2.05) is 19.1 Å². The van der Waals surface area contributed by atoms with Crippen molar-refractivity contribution in [3.63, 3.8) is 0 Å². The average molecular weight is 431 g/mol. The average Bonchev–Trinajstić information content (AvgIpc) is 3.06. The monoisotopic (exact) mass is 430 g/mol. The third kappa shape index (κ3) is 4.44. The van der Waals surface area contributed by atoms with E-state index in [0.717, 1.165) is 11.3 Å². The van der Waals surface area contributed by atoms with Crippen molar-refractivity contribution < 1.29 is 9.13 Å². The maximum absolute atomic E-state index is 13.6. The number of benzene rings is 2. The van der Waals surface area contributed by atoms with Crippen LogP contribution < -0.4 is 10.3 Å². The molecular weight excluding hydrogens is 415 g/mol. The van der Waals surface area contributed by atoms with Crippen molar-refractivity contribution in [1.82, 2.24) is 19.6 Å². The Hall–Kier alpha value is -2.84. The van der Waals surface area contributed by atoms with Gasteiger partial charge in [0.25, 0.3) is 5.56 Å². The van der Waals surface area contributed by atoms with Gasteiger partial charge in [-0.2, -0.15) is 0 Å². The molecule has 0 aliphatic carbocycles. The molecule has 2 aromatic carbocycles. The topological polar surface area (TPSA) is 72.3 Å². The number of thioether (sulfide) groups is 1. The summed E-state index contributed by atoms with van der Waals surface area (Å²) >= 11 is 7.36. The van der Waals surface area contributed by atoms with Gasteiger partial charge in [0.05, 0.1) is 6.61 Å². The summed E-state index contributed by atoms with van der Waals surface area (Å²) in [5.41, 5.74) is 1.62. The molecule has 0 fully saturated rings. The van der Waals surface area contributed by atoms with Crippen molar-refractivity contribution in [2.75, 3.05) is 12.4 Å². The molecule has 2 heterocycles. The standard InChI is InChI=1S/C20H16ClFN4O2S/c1-12-9-14(21)5-6-16(12)28-7-8-29-20-24-19(13-3-2-4-15(22)10-13)23-17-11-18(27)25-26(17)20/h2-6,9-11H,7-8H2,1H3,(H,25,27). The first-order valence-corrected chi connectivity index (χ1v) is 10.1. The number of aromatic amines is 1. The molecule has 9 heteroatoms. The van der Waals surface area contributed by atoms with Crippen LogP contribution in [0, 0.1) is 12.7 Å². The van der Waals surface area contributed by atoms with E-state index >= 15 is 0 Å². The Balaban J connectivity index is 1.55. The molecule has 2 aromatic heterocycles. The van der Waals surface area contributed by atoms with E-state index in [0.29, 0.717) is 39.6 Å². The first kappa shape index (κ1) is 19.5. The lowest BCUT2D eigenvalue weighted by atomic mass is 10.2. The van der Waals surface area contributed by atoms with E-state index in [9.17, 15) is 9.18 Å². The molecular formula is C20H16ClFN4O2S. The highest BCUT2D eigenvalue weighted by Crippen LogP contribution is 2.24. The normalized spacial score (nSPS) is 11.1. The van der Waals surface area contributed by atoms with Gasteiger partial charge < -0.3 is 4.74 Å². The van der Waals surface area contributed by atoms with Gasteiger partial charge in [-0.3, -0.25) is 9.89 Å². The molecule has 4 rings (SSSR count). The highest BCUT2D eigenvalue weighted by Gasteiger charge is 2.12. The lowest BCUT2D eigenvalue weighted by molar-refractivity contribution is 0.341. The van der Waals surface area contributed by atoms with Crippen LogP contribution in [0.25, 0.3) is 17.0 Å². The lowest BCUT2D eigenvalue weighted by Gasteiger charge is -2.10. The third-order valence-corrected chi connectivity index (χ3v) is 5.25.